The van der Waals surface area contributed by atoms with Crippen molar-refractivity contribution in [2.24, 2.45) is 0 Å². The lowest BCUT2D eigenvalue weighted by atomic mass is 10.2. The number of sulfonamides is 1. The van der Waals surface area contributed by atoms with Crippen molar-refractivity contribution < 1.29 is 27.5 Å². The van der Waals surface area contributed by atoms with Gasteiger partial charge in [0.15, 0.2) is 12.2 Å². The largest absolute Gasteiger partial charge is 0.451 e. The molecule has 0 unspecified atom stereocenters. The molecule has 1 amide bonds. The Morgan fingerprint density at radius 3 is 2.38 bits per heavy atom. The summed E-state index contributed by atoms with van der Waals surface area (Å²) in [4.78, 5) is 24.1. The van der Waals surface area contributed by atoms with Crippen LogP contribution < -0.4 is 10.0 Å². The number of carbonyl (C=O) groups is 2. The molecular weight excluding hydrogens is 360 g/mol. The van der Waals surface area contributed by atoms with Crippen molar-refractivity contribution in [1.29, 1.82) is 0 Å². The predicted octanol–water partition coefficient (Wildman–Crippen LogP) is 1.42. The van der Waals surface area contributed by atoms with Crippen molar-refractivity contribution in [1.82, 2.24) is 4.72 Å². The highest BCUT2D eigenvalue weighted by atomic mass is 32.2. The normalized spacial score (nSPS) is 18.5. The number of esters is 1. The second kappa shape index (κ2) is 8.61. The van der Waals surface area contributed by atoms with E-state index in [1.54, 1.807) is 13.8 Å². The van der Waals surface area contributed by atoms with Crippen molar-refractivity contribution >= 4 is 27.6 Å². The van der Waals surface area contributed by atoms with Gasteiger partial charge in [0.05, 0.1) is 4.90 Å². The van der Waals surface area contributed by atoms with Crippen molar-refractivity contribution in [2.45, 2.75) is 56.8 Å². The molecule has 26 heavy (non-hydrogen) atoms. The van der Waals surface area contributed by atoms with E-state index < -0.39 is 34.1 Å². The minimum absolute atomic E-state index is 0.0991. The minimum Gasteiger partial charge on any atom is -0.451 e. The lowest BCUT2D eigenvalue weighted by Gasteiger charge is -2.16. The third kappa shape index (κ3) is 5.52. The number of ether oxygens (including phenoxy) is 2. The first-order valence-corrected chi connectivity index (χ1v) is 9.92. The number of benzene rings is 1. The van der Waals surface area contributed by atoms with Gasteiger partial charge in [-0.05, 0) is 57.9 Å². The Morgan fingerprint density at radius 1 is 1.19 bits per heavy atom. The number of hydrogen-bond acceptors (Lipinski definition) is 6. The fraction of sp³-hybridized carbons (Fsp3) is 0.529. The first kappa shape index (κ1) is 20.3. The average molecular weight is 384 g/mol. The maximum Gasteiger partial charge on any atom is 0.336 e. The lowest BCUT2D eigenvalue weighted by molar-refractivity contribution is -0.162. The van der Waals surface area contributed by atoms with Gasteiger partial charge < -0.3 is 14.8 Å². The molecule has 1 aromatic carbocycles. The average Bonchev–Trinajstić information content (AvgIpc) is 3.08. The van der Waals surface area contributed by atoms with Gasteiger partial charge in [0.25, 0.3) is 5.91 Å². The van der Waals surface area contributed by atoms with E-state index in [1.807, 2.05) is 0 Å². The van der Waals surface area contributed by atoms with Gasteiger partial charge in [-0.1, -0.05) is 0 Å². The molecule has 0 aliphatic carbocycles. The molecular formula is C17H24N2O6S. The molecule has 144 valence electrons. The number of carbonyl (C=O) groups excluding carboxylic acids is 2. The van der Waals surface area contributed by atoms with Crippen LogP contribution in [0.15, 0.2) is 29.2 Å². The van der Waals surface area contributed by atoms with Gasteiger partial charge in [0.2, 0.25) is 10.0 Å². The second-order valence-corrected chi connectivity index (χ2v) is 8.08. The van der Waals surface area contributed by atoms with Crippen LogP contribution in [-0.4, -0.2) is 45.2 Å². The zero-order valence-electron chi connectivity index (χ0n) is 15.0. The van der Waals surface area contributed by atoms with E-state index in [0.29, 0.717) is 18.7 Å². The van der Waals surface area contributed by atoms with Gasteiger partial charge in [-0.15, -0.1) is 0 Å². The van der Waals surface area contributed by atoms with Gasteiger partial charge >= 0.3 is 5.97 Å². The van der Waals surface area contributed by atoms with Gasteiger partial charge in [0.1, 0.15) is 0 Å². The zero-order valence-corrected chi connectivity index (χ0v) is 15.8. The third-order valence-electron chi connectivity index (χ3n) is 3.68. The van der Waals surface area contributed by atoms with Crippen molar-refractivity contribution in [3.8, 4) is 0 Å². The topological polar surface area (TPSA) is 111 Å². The molecule has 0 spiro atoms. The number of amides is 1. The van der Waals surface area contributed by atoms with Crippen LogP contribution in [0.3, 0.4) is 0 Å². The predicted molar refractivity (Wildman–Crippen MR) is 95.1 cm³/mol. The molecule has 8 nitrogen and oxygen atoms in total. The Labute approximate surface area is 153 Å². The van der Waals surface area contributed by atoms with E-state index in [2.05, 4.69) is 10.0 Å². The Balaban J connectivity index is 1.93. The molecule has 1 saturated heterocycles. The van der Waals surface area contributed by atoms with Crippen LogP contribution in [0.25, 0.3) is 0 Å². The van der Waals surface area contributed by atoms with Crippen LogP contribution in [0, 0.1) is 0 Å². The summed E-state index contributed by atoms with van der Waals surface area (Å²) in [6.07, 6.45) is -0.213. The molecule has 1 heterocycles. The van der Waals surface area contributed by atoms with Crippen LogP contribution in [-0.2, 0) is 29.1 Å². The van der Waals surface area contributed by atoms with Crippen LogP contribution in [0.4, 0.5) is 5.69 Å². The van der Waals surface area contributed by atoms with E-state index in [1.165, 1.54) is 31.2 Å². The number of hydrogen-bond donors (Lipinski definition) is 2. The summed E-state index contributed by atoms with van der Waals surface area (Å²) in [5.74, 6) is -1.06. The third-order valence-corrected chi connectivity index (χ3v) is 5.35. The van der Waals surface area contributed by atoms with Gasteiger partial charge in [0, 0.05) is 18.3 Å². The summed E-state index contributed by atoms with van der Waals surface area (Å²) >= 11 is 0. The van der Waals surface area contributed by atoms with Crippen LogP contribution in [0.2, 0.25) is 0 Å². The maximum atomic E-state index is 12.1. The van der Waals surface area contributed by atoms with Crippen molar-refractivity contribution in [3.05, 3.63) is 24.3 Å². The Morgan fingerprint density at radius 2 is 1.85 bits per heavy atom. The fourth-order valence-corrected chi connectivity index (χ4v) is 3.66. The standard InChI is InChI=1S/C17H24N2O6S/c1-11(2)19-26(22,23)14-8-6-13(7-9-14)18-16(20)12(3)25-17(21)15-5-4-10-24-15/h6-9,11-12,15,19H,4-5,10H2,1-3H3,(H,18,20)/t12-,15-/m1/s1. The summed E-state index contributed by atoms with van der Waals surface area (Å²) in [5.41, 5.74) is 0.401. The highest BCUT2D eigenvalue weighted by Gasteiger charge is 2.28. The smallest absolute Gasteiger partial charge is 0.336 e. The SMILES string of the molecule is CC(C)NS(=O)(=O)c1ccc(NC(=O)[C@@H](C)OC(=O)[C@H]2CCCO2)cc1. The van der Waals surface area contributed by atoms with Crippen LogP contribution >= 0.6 is 0 Å². The molecule has 1 fully saturated rings. The number of rotatable bonds is 7. The summed E-state index contributed by atoms with van der Waals surface area (Å²) in [5, 5.41) is 2.58. The summed E-state index contributed by atoms with van der Waals surface area (Å²) in [6.45, 7) is 5.44. The monoisotopic (exact) mass is 384 g/mol. The Bertz CT molecular complexity index is 739. The number of nitrogens with one attached hydrogen (secondary N) is 2. The van der Waals surface area contributed by atoms with Gasteiger partial charge in [-0.25, -0.2) is 17.9 Å². The van der Waals surface area contributed by atoms with Crippen LogP contribution in [0.1, 0.15) is 33.6 Å². The van der Waals surface area contributed by atoms with Gasteiger partial charge in [-0.2, -0.15) is 0 Å². The molecule has 1 aliphatic rings. The summed E-state index contributed by atoms with van der Waals surface area (Å²) < 4.78 is 36.9. The molecule has 9 heteroatoms. The minimum atomic E-state index is -3.59. The van der Waals surface area contributed by atoms with E-state index in [9.17, 15) is 18.0 Å². The highest BCUT2D eigenvalue weighted by molar-refractivity contribution is 7.89. The Hall–Kier alpha value is -1.97. The van der Waals surface area contributed by atoms with Crippen LogP contribution in [0.5, 0.6) is 0 Å². The fourth-order valence-electron chi connectivity index (χ4n) is 2.41. The molecule has 0 saturated carbocycles. The van der Waals surface area contributed by atoms with E-state index >= 15 is 0 Å². The highest BCUT2D eigenvalue weighted by Crippen LogP contribution is 2.16. The van der Waals surface area contributed by atoms with Gasteiger partial charge in [-0.3, -0.25) is 4.79 Å². The first-order chi connectivity index (χ1) is 12.2. The van der Waals surface area contributed by atoms with E-state index in [4.69, 9.17) is 9.47 Å². The molecule has 1 aliphatic heterocycles. The molecule has 2 N–H and O–H groups in total. The van der Waals surface area contributed by atoms with E-state index in [0.717, 1.165) is 6.42 Å². The van der Waals surface area contributed by atoms with E-state index in [-0.39, 0.29) is 10.9 Å². The zero-order chi connectivity index (χ0) is 19.3. The first-order valence-electron chi connectivity index (χ1n) is 8.44. The second-order valence-electron chi connectivity index (χ2n) is 6.37. The Kier molecular flexibility index (Phi) is 6.74. The molecule has 1 aromatic rings. The molecule has 0 aromatic heterocycles. The summed E-state index contributed by atoms with van der Waals surface area (Å²) in [7, 11) is -3.59. The molecule has 2 rings (SSSR count). The lowest BCUT2D eigenvalue weighted by Crippen LogP contribution is -2.34. The summed E-state index contributed by atoms with van der Waals surface area (Å²) in [6, 6.07) is 5.51. The molecule has 0 radical (unpaired) electrons. The molecule has 0 bridgehead atoms. The van der Waals surface area contributed by atoms with Crippen molar-refractivity contribution in [2.75, 3.05) is 11.9 Å². The molecule has 2 atom stereocenters. The number of anilines is 1. The van der Waals surface area contributed by atoms with Crippen molar-refractivity contribution in [3.63, 3.8) is 0 Å². The quantitative estimate of drug-likeness (QED) is 0.688. The maximum absolute atomic E-state index is 12.1.